The maximum absolute atomic E-state index is 13.0. The number of carbonyl (C=O) groups is 2. The second kappa shape index (κ2) is 9.40. The van der Waals surface area contributed by atoms with E-state index in [2.05, 4.69) is 11.9 Å². The molecule has 6 heteroatoms. The highest BCUT2D eigenvalue weighted by atomic mass is 79.9. The fourth-order valence-corrected chi connectivity index (χ4v) is 4.07. The summed E-state index contributed by atoms with van der Waals surface area (Å²) in [5.41, 5.74) is 0.221. The van der Waals surface area contributed by atoms with Crippen LogP contribution in [-0.2, 0) is 19.1 Å². The molecule has 1 aromatic carbocycles. The lowest BCUT2D eigenvalue weighted by Gasteiger charge is -2.36. The monoisotopic (exact) mass is 453 g/mol. The summed E-state index contributed by atoms with van der Waals surface area (Å²) in [6.45, 7) is 5.43. The quantitative estimate of drug-likeness (QED) is 0.627. The van der Waals surface area contributed by atoms with Crippen molar-refractivity contribution in [1.82, 2.24) is 4.90 Å². The van der Waals surface area contributed by atoms with Gasteiger partial charge in [-0.25, -0.2) is 0 Å². The molecule has 1 unspecified atom stereocenters. The number of benzene rings is 1. The maximum Gasteiger partial charge on any atom is 0.317 e. The van der Waals surface area contributed by atoms with Crippen molar-refractivity contribution in [2.45, 2.75) is 70.6 Å². The predicted molar refractivity (Wildman–Crippen MR) is 114 cm³/mol. The largest absolute Gasteiger partial charge is 0.464 e. The summed E-state index contributed by atoms with van der Waals surface area (Å²) < 4.78 is 11.4. The lowest BCUT2D eigenvalue weighted by molar-refractivity contribution is -0.160. The number of ether oxygens (including phenoxy) is 2. The van der Waals surface area contributed by atoms with Crippen molar-refractivity contribution in [3.63, 3.8) is 0 Å². The van der Waals surface area contributed by atoms with Gasteiger partial charge in [0.05, 0.1) is 5.41 Å². The van der Waals surface area contributed by atoms with Crippen molar-refractivity contribution in [1.29, 1.82) is 0 Å². The third kappa shape index (κ3) is 5.35. The van der Waals surface area contributed by atoms with Crippen molar-refractivity contribution in [2.24, 2.45) is 5.41 Å². The zero-order valence-electron chi connectivity index (χ0n) is 17.2. The molecule has 3 rings (SSSR count). The Kier molecular flexibility index (Phi) is 7.68. The number of fused-ring (bicyclic) bond motifs is 2. The van der Waals surface area contributed by atoms with Crippen LogP contribution in [0.2, 0.25) is 0 Å². The number of halogens is 1. The van der Waals surface area contributed by atoms with Gasteiger partial charge in [0, 0.05) is 12.1 Å². The summed E-state index contributed by atoms with van der Waals surface area (Å²) in [7, 11) is 2.17. The van der Waals surface area contributed by atoms with E-state index in [1.165, 1.54) is 12.8 Å². The molecule has 1 aromatic rings. The average molecular weight is 454 g/mol. The molecule has 5 nitrogen and oxygen atoms in total. The molecule has 0 spiro atoms. The van der Waals surface area contributed by atoms with Crippen LogP contribution in [0.4, 0.5) is 0 Å². The smallest absolute Gasteiger partial charge is 0.317 e. The molecule has 2 fully saturated rings. The Balaban J connectivity index is 0.00000280. The van der Waals surface area contributed by atoms with Crippen molar-refractivity contribution in [3.8, 4) is 0 Å². The Bertz CT molecular complexity index is 659. The van der Waals surface area contributed by atoms with Crippen LogP contribution in [0.1, 0.15) is 57.9 Å². The first-order valence-corrected chi connectivity index (χ1v) is 9.90. The molecule has 0 aromatic heterocycles. The van der Waals surface area contributed by atoms with Gasteiger partial charge in [0.1, 0.15) is 18.6 Å². The average Bonchev–Trinajstić information content (AvgIpc) is 2.82. The number of esters is 2. The summed E-state index contributed by atoms with van der Waals surface area (Å²) in [4.78, 5) is 27.5. The van der Waals surface area contributed by atoms with Gasteiger partial charge in [0.2, 0.25) is 0 Å². The van der Waals surface area contributed by atoms with Crippen molar-refractivity contribution < 1.29 is 19.1 Å². The van der Waals surface area contributed by atoms with Crippen molar-refractivity contribution >= 4 is 28.9 Å². The minimum Gasteiger partial charge on any atom is -0.464 e. The van der Waals surface area contributed by atoms with E-state index in [0.717, 1.165) is 18.4 Å². The van der Waals surface area contributed by atoms with Crippen LogP contribution in [0.25, 0.3) is 0 Å². The fourth-order valence-electron chi connectivity index (χ4n) is 4.07. The summed E-state index contributed by atoms with van der Waals surface area (Å²) in [5, 5.41) is 0. The first-order valence-electron chi connectivity index (χ1n) is 9.90. The number of hydrogen-bond donors (Lipinski definition) is 0. The Hall–Kier alpha value is -1.40. The van der Waals surface area contributed by atoms with Gasteiger partial charge in [0.15, 0.2) is 0 Å². The number of hydrogen-bond acceptors (Lipinski definition) is 5. The lowest BCUT2D eigenvalue weighted by Crippen LogP contribution is -2.44. The van der Waals surface area contributed by atoms with E-state index in [4.69, 9.17) is 9.47 Å². The van der Waals surface area contributed by atoms with E-state index >= 15 is 0 Å². The summed E-state index contributed by atoms with van der Waals surface area (Å²) >= 11 is 0. The van der Waals surface area contributed by atoms with Gasteiger partial charge in [-0.2, -0.15) is 0 Å². The molecule has 2 bridgehead atoms. The standard InChI is InChI=1S/C22H31NO4.BrH/c1-22(2,3)21(25)26-14-19(15-8-6-5-7-9-15)20(24)27-18-12-16-10-11-17(13-18)23(16)4;/h5-9,16-19H,10-14H2,1-4H3;1H/t16-,17+,18+,19?;. The van der Waals surface area contributed by atoms with Crippen LogP contribution in [-0.4, -0.2) is 48.7 Å². The first kappa shape index (κ1) is 22.9. The molecular weight excluding hydrogens is 422 g/mol. The highest BCUT2D eigenvalue weighted by molar-refractivity contribution is 8.93. The van der Waals surface area contributed by atoms with Crippen LogP contribution in [0, 0.1) is 5.41 Å². The van der Waals surface area contributed by atoms with Crippen LogP contribution in [0.5, 0.6) is 0 Å². The second-order valence-electron chi connectivity index (χ2n) is 8.89. The number of nitrogens with zero attached hydrogens (tertiary/aromatic N) is 1. The van der Waals surface area contributed by atoms with Crippen LogP contribution in [0.3, 0.4) is 0 Å². The third-order valence-corrected chi connectivity index (χ3v) is 5.82. The fraction of sp³-hybridized carbons (Fsp3) is 0.636. The number of rotatable bonds is 5. The van der Waals surface area contributed by atoms with Gasteiger partial charge in [-0.3, -0.25) is 9.59 Å². The van der Waals surface area contributed by atoms with Crippen LogP contribution >= 0.6 is 17.0 Å². The summed E-state index contributed by atoms with van der Waals surface area (Å²) in [6.07, 6.45) is 4.10. The Labute approximate surface area is 178 Å². The third-order valence-electron chi connectivity index (χ3n) is 5.82. The highest BCUT2D eigenvalue weighted by Crippen LogP contribution is 2.36. The topological polar surface area (TPSA) is 55.8 Å². The van der Waals surface area contributed by atoms with Gasteiger partial charge >= 0.3 is 11.9 Å². The molecule has 0 amide bonds. The van der Waals surface area contributed by atoms with Crippen LogP contribution < -0.4 is 0 Å². The minimum absolute atomic E-state index is 0. The van der Waals surface area contributed by atoms with Crippen molar-refractivity contribution in [3.05, 3.63) is 35.9 Å². The van der Waals surface area contributed by atoms with E-state index in [1.54, 1.807) is 20.8 Å². The second-order valence-corrected chi connectivity index (χ2v) is 8.89. The molecular formula is C22H32BrNO4. The van der Waals surface area contributed by atoms with Gasteiger partial charge in [-0.05, 0) is 59.1 Å². The summed E-state index contributed by atoms with van der Waals surface area (Å²) in [6, 6.07) is 10.5. The van der Waals surface area contributed by atoms with Gasteiger partial charge < -0.3 is 14.4 Å². The lowest BCUT2D eigenvalue weighted by atomic mass is 9.96. The highest BCUT2D eigenvalue weighted by Gasteiger charge is 2.40. The van der Waals surface area contributed by atoms with Gasteiger partial charge in [-0.1, -0.05) is 30.3 Å². The Morgan fingerprint density at radius 3 is 2.21 bits per heavy atom. The molecule has 2 aliphatic heterocycles. The molecule has 0 radical (unpaired) electrons. The van der Waals surface area contributed by atoms with Gasteiger partial charge in [0.25, 0.3) is 0 Å². The molecule has 0 N–H and O–H groups in total. The molecule has 2 aliphatic rings. The molecule has 0 saturated carbocycles. The molecule has 4 atom stereocenters. The van der Waals surface area contributed by atoms with E-state index < -0.39 is 11.3 Å². The van der Waals surface area contributed by atoms with E-state index in [9.17, 15) is 9.59 Å². The molecule has 28 heavy (non-hydrogen) atoms. The predicted octanol–water partition coefficient (Wildman–Crippen LogP) is 4.11. The molecule has 0 aliphatic carbocycles. The minimum atomic E-state index is -0.599. The molecule has 2 saturated heterocycles. The van der Waals surface area contributed by atoms with Gasteiger partial charge in [-0.15, -0.1) is 17.0 Å². The van der Waals surface area contributed by atoms with Crippen LogP contribution in [0.15, 0.2) is 30.3 Å². The van der Waals surface area contributed by atoms with E-state index in [-0.39, 0.29) is 41.6 Å². The molecule has 2 heterocycles. The molecule has 156 valence electrons. The SMILES string of the molecule is Br.CN1[C@@H]2CC[C@H]1C[C@@H](OC(=O)C(COC(=O)C(C)(C)C)c1ccccc1)C2. The van der Waals surface area contributed by atoms with Crippen molar-refractivity contribution in [2.75, 3.05) is 13.7 Å². The summed E-state index contributed by atoms with van der Waals surface area (Å²) in [5.74, 6) is -1.19. The first-order chi connectivity index (χ1) is 12.8. The zero-order valence-corrected chi connectivity index (χ0v) is 18.9. The Morgan fingerprint density at radius 2 is 1.68 bits per heavy atom. The Morgan fingerprint density at radius 1 is 1.11 bits per heavy atom. The number of piperidine rings is 1. The zero-order chi connectivity index (χ0) is 19.6. The maximum atomic E-state index is 13.0. The van der Waals surface area contributed by atoms with E-state index in [0.29, 0.717) is 12.1 Å². The normalized spacial score (nSPS) is 25.5. The number of carbonyl (C=O) groups excluding carboxylic acids is 2. The van der Waals surface area contributed by atoms with E-state index in [1.807, 2.05) is 30.3 Å².